The van der Waals surface area contributed by atoms with E-state index in [2.05, 4.69) is 32.5 Å². The fourth-order valence-electron chi connectivity index (χ4n) is 2.98. The molecule has 3 aromatic heterocycles. The number of aromatic nitrogens is 3. The fourth-order valence-corrected chi connectivity index (χ4v) is 3.58. The normalized spacial score (nSPS) is 10.8. The Balaban J connectivity index is 1.48. The number of carbonyl (C=O) groups excluding carboxylic acids is 1. The minimum Gasteiger partial charge on any atom is -0.484 e. The maximum absolute atomic E-state index is 12.5. The molecule has 0 unspecified atom stereocenters. The number of ether oxygens (including phenoxy) is 1. The average molecular weight is 450 g/mol. The van der Waals surface area contributed by atoms with Crippen LogP contribution in [0.25, 0.3) is 22.3 Å². The third kappa shape index (κ3) is 5.57. The first-order valence-electron chi connectivity index (χ1n) is 10.2. The summed E-state index contributed by atoms with van der Waals surface area (Å²) in [4.78, 5) is 25.8. The molecule has 0 saturated heterocycles. The summed E-state index contributed by atoms with van der Waals surface area (Å²) in [5.74, 6) is 2.30. The Morgan fingerprint density at radius 2 is 2.09 bits per heavy atom. The number of nitrogens with one attached hydrogen (secondary N) is 2. The van der Waals surface area contributed by atoms with Gasteiger partial charge in [-0.2, -0.15) is 0 Å². The zero-order valence-corrected chi connectivity index (χ0v) is 18.6. The third-order valence-electron chi connectivity index (χ3n) is 4.45. The van der Waals surface area contributed by atoms with Crippen molar-refractivity contribution in [3.63, 3.8) is 0 Å². The Labute approximate surface area is 189 Å². The van der Waals surface area contributed by atoms with Gasteiger partial charge in [-0.1, -0.05) is 19.1 Å². The number of benzene rings is 1. The summed E-state index contributed by atoms with van der Waals surface area (Å²) in [6.45, 7) is 5.39. The van der Waals surface area contributed by atoms with Crippen LogP contribution in [0.15, 0.2) is 58.5 Å². The second-order valence-electron chi connectivity index (χ2n) is 6.97. The van der Waals surface area contributed by atoms with Gasteiger partial charge in [-0.15, -0.1) is 11.3 Å². The fraction of sp³-hybridized carbons (Fsp3) is 0.217. The summed E-state index contributed by atoms with van der Waals surface area (Å²) in [6, 6.07) is 13.0. The van der Waals surface area contributed by atoms with E-state index >= 15 is 0 Å². The van der Waals surface area contributed by atoms with E-state index in [4.69, 9.17) is 9.15 Å². The standard InChI is InChI=1S/C23H23N5O3S/c1-3-24-13-16-5-4-6-17(11-16)30-14-21(29)27-20-12-18(23-25-9-10-32-23)26-22(28-20)19-8-7-15(2)31-19/h4-12,24H,3,13-14H2,1-2H3,(H,26,27,28,29). The van der Waals surface area contributed by atoms with E-state index in [1.54, 1.807) is 18.3 Å². The molecule has 0 aliphatic carbocycles. The number of amides is 1. The van der Waals surface area contributed by atoms with E-state index < -0.39 is 0 Å². The van der Waals surface area contributed by atoms with Crippen molar-refractivity contribution in [1.82, 2.24) is 20.3 Å². The van der Waals surface area contributed by atoms with Gasteiger partial charge >= 0.3 is 0 Å². The smallest absolute Gasteiger partial charge is 0.263 e. The second kappa shape index (κ2) is 10.2. The van der Waals surface area contributed by atoms with Gasteiger partial charge in [-0.05, 0) is 43.3 Å². The molecule has 4 aromatic rings. The molecule has 1 amide bonds. The van der Waals surface area contributed by atoms with E-state index in [1.807, 2.05) is 42.6 Å². The molecule has 3 heterocycles. The molecular formula is C23H23N5O3S. The molecule has 0 bridgehead atoms. The van der Waals surface area contributed by atoms with Crippen molar-refractivity contribution in [3.8, 4) is 28.0 Å². The Hall–Kier alpha value is -3.56. The van der Waals surface area contributed by atoms with Crippen molar-refractivity contribution in [3.05, 3.63) is 65.4 Å². The van der Waals surface area contributed by atoms with Gasteiger partial charge in [0.15, 0.2) is 18.2 Å². The topological polar surface area (TPSA) is 102 Å². The minimum absolute atomic E-state index is 0.142. The zero-order valence-electron chi connectivity index (χ0n) is 17.8. The van der Waals surface area contributed by atoms with Crippen LogP contribution in [-0.2, 0) is 11.3 Å². The average Bonchev–Trinajstić information content (AvgIpc) is 3.48. The molecule has 4 rings (SSSR count). The highest BCUT2D eigenvalue weighted by Crippen LogP contribution is 2.26. The number of thiazole rings is 1. The molecule has 164 valence electrons. The highest BCUT2D eigenvalue weighted by Gasteiger charge is 2.14. The number of hydrogen-bond donors (Lipinski definition) is 2. The molecule has 2 N–H and O–H groups in total. The van der Waals surface area contributed by atoms with Crippen LogP contribution in [0.3, 0.4) is 0 Å². The number of nitrogens with zero attached hydrogens (tertiary/aromatic N) is 3. The Bertz CT molecular complexity index is 1190. The molecular weight excluding hydrogens is 426 g/mol. The summed E-state index contributed by atoms with van der Waals surface area (Å²) in [5, 5.41) is 8.64. The van der Waals surface area contributed by atoms with E-state index in [1.165, 1.54) is 11.3 Å². The van der Waals surface area contributed by atoms with Gasteiger partial charge in [-0.3, -0.25) is 4.79 Å². The van der Waals surface area contributed by atoms with Crippen molar-refractivity contribution in [2.45, 2.75) is 20.4 Å². The van der Waals surface area contributed by atoms with E-state index in [0.29, 0.717) is 28.8 Å². The number of anilines is 1. The summed E-state index contributed by atoms with van der Waals surface area (Å²) in [6.07, 6.45) is 1.70. The van der Waals surface area contributed by atoms with Gasteiger partial charge < -0.3 is 19.8 Å². The van der Waals surface area contributed by atoms with E-state index in [0.717, 1.165) is 29.4 Å². The van der Waals surface area contributed by atoms with Crippen molar-refractivity contribution < 1.29 is 13.9 Å². The van der Waals surface area contributed by atoms with E-state index in [9.17, 15) is 4.79 Å². The molecule has 32 heavy (non-hydrogen) atoms. The summed E-state index contributed by atoms with van der Waals surface area (Å²) in [5.41, 5.74) is 1.69. The molecule has 0 aliphatic heterocycles. The Morgan fingerprint density at radius 1 is 1.19 bits per heavy atom. The van der Waals surface area contributed by atoms with Crippen LogP contribution in [0.2, 0.25) is 0 Å². The maximum Gasteiger partial charge on any atom is 0.263 e. The highest BCUT2D eigenvalue weighted by molar-refractivity contribution is 7.13. The maximum atomic E-state index is 12.5. The number of hydrogen-bond acceptors (Lipinski definition) is 8. The number of aryl methyl sites for hydroxylation is 1. The lowest BCUT2D eigenvalue weighted by molar-refractivity contribution is -0.118. The van der Waals surface area contributed by atoms with Gasteiger partial charge in [0.2, 0.25) is 0 Å². The quantitative estimate of drug-likeness (QED) is 0.393. The molecule has 0 spiro atoms. The predicted molar refractivity (Wildman–Crippen MR) is 124 cm³/mol. The second-order valence-corrected chi connectivity index (χ2v) is 7.87. The van der Waals surface area contributed by atoms with Crippen molar-refractivity contribution >= 4 is 23.1 Å². The first-order valence-corrected chi connectivity index (χ1v) is 11.1. The van der Waals surface area contributed by atoms with Gasteiger partial charge in [0.05, 0.1) is 0 Å². The monoisotopic (exact) mass is 449 g/mol. The van der Waals surface area contributed by atoms with Gasteiger partial charge in [0.1, 0.15) is 28.0 Å². The Kier molecular flexibility index (Phi) is 6.88. The Morgan fingerprint density at radius 3 is 2.84 bits per heavy atom. The summed E-state index contributed by atoms with van der Waals surface area (Å²) in [7, 11) is 0. The molecule has 0 saturated carbocycles. The SMILES string of the molecule is CCNCc1cccc(OCC(=O)Nc2cc(-c3nccs3)nc(-c3ccc(C)o3)n2)c1. The summed E-state index contributed by atoms with van der Waals surface area (Å²) >= 11 is 1.45. The first kappa shape index (κ1) is 21.7. The molecule has 0 fully saturated rings. The number of furan rings is 1. The zero-order chi connectivity index (χ0) is 22.3. The van der Waals surface area contributed by atoms with Gasteiger partial charge in [-0.25, -0.2) is 15.0 Å². The molecule has 0 radical (unpaired) electrons. The molecule has 9 heteroatoms. The van der Waals surface area contributed by atoms with Crippen LogP contribution in [0.1, 0.15) is 18.2 Å². The van der Waals surface area contributed by atoms with Crippen molar-refractivity contribution in [1.29, 1.82) is 0 Å². The summed E-state index contributed by atoms with van der Waals surface area (Å²) < 4.78 is 11.3. The lowest BCUT2D eigenvalue weighted by Gasteiger charge is -2.10. The largest absolute Gasteiger partial charge is 0.484 e. The number of carbonyl (C=O) groups is 1. The molecule has 0 atom stereocenters. The van der Waals surface area contributed by atoms with Crippen LogP contribution in [0.5, 0.6) is 5.75 Å². The van der Waals surface area contributed by atoms with Crippen LogP contribution in [-0.4, -0.2) is 34.0 Å². The van der Waals surface area contributed by atoms with Crippen LogP contribution in [0, 0.1) is 6.92 Å². The molecule has 0 aliphatic rings. The highest BCUT2D eigenvalue weighted by atomic mass is 32.1. The van der Waals surface area contributed by atoms with Crippen LogP contribution < -0.4 is 15.4 Å². The molecule has 1 aromatic carbocycles. The predicted octanol–water partition coefficient (Wildman–Crippen LogP) is 4.30. The first-order chi connectivity index (χ1) is 15.6. The molecule has 8 nitrogen and oxygen atoms in total. The van der Waals surface area contributed by atoms with Gasteiger partial charge in [0, 0.05) is 24.2 Å². The van der Waals surface area contributed by atoms with Crippen LogP contribution >= 0.6 is 11.3 Å². The lowest BCUT2D eigenvalue weighted by atomic mass is 10.2. The van der Waals surface area contributed by atoms with Gasteiger partial charge in [0.25, 0.3) is 5.91 Å². The van der Waals surface area contributed by atoms with Crippen LogP contribution in [0.4, 0.5) is 5.82 Å². The van der Waals surface area contributed by atoms with Crippen molar-refractivity contribution in [2.24, 2.45) is 0 Å². The number of rotatable bonds is 9. The van der Waals surface area contributed by atoms with E-state index in [-0.39, 0.29) is 12.5 Å². The van der Waals surface area contributed by atoms with Crippen molar-refractivity contribution in [2.75, 3.05) is 18.5 Å². The lowest BCUT2D eigenvalue weighted by Crippen LogP contribution is -2.21. The minimum atomic E-state index is -0.326. The third-order valence-corrected chi connectivity index (χ3v) is 5.25.